The van der Waals surface area contributed by atoms with E-state index >= 15 is 0 Å². The highest BCUT2D eigenvalue weighted by atomic mass is 35.5. The van der Waals surface area contributed by atoms with Crippen LogP contribution in [0.1, 0.15) is 56.8 Å². The molecule has 16 heteroatoms. The molecule has 0 bridgehead atoms. The number of amides is 3. The van der Waals surface area contributed by atoms with Crippen LogP contribution in [0.2, 0.25) is 5.02 Å². The molecule has 6 aromatic rings. The molecule has 0 radical (unpaired) electrons. The van der Waals surface area contributed by atoms with E-state index < -0.39 is 11.9 Å². The number of aromatic nitrogens is 3. The van der Waals surface area contributed by atoms with Crippen LogP contribution in [0.15, 0.2) is 102 Å². The summed E-state index contributed by atoms with van der Waals surface area (Å²) in [4.78, 5) is 44.6. The summed E-state index contributed by atoms with van der Waals surface area (Å²) >= 11 is 7.87. The van der Waals surface area contributed by atoms with Crippen LogP contribution in [0.3, 0.4) is 0 Å². The summed E-state index contributed by atoms with van der Waals surface area (Å²) in [7, 11) is 0. The normalized spacial score (nSPS) is 13.3. The number of ether oxygens (including phenoxy) is 3. The lowest BCUT2D eigenvalue weighted by atomic mass is 9.99. The van der Waals surface area contributed by atoms with Crippen LogP contribution in [0.5, 0.6) is 5.75 Å². The lowest BCUT2D eigenvalue weighted by Crippen LogP contribution is -2.32. The van der Waals surface area contributed by atoms with E-state index in [0.717, 1.165) is 55.1 Å². The van der Waals surface area contributed by atoms with E-state index in [2.05, 4.69) is 40.0 Å². The van der Waals surface area contributed by atoms with E-state index in [0.29, 0.717) is 49.5 Å². The Hall–Kier alpha value is -6.70. The highest BCUT2D eigenvalue weighted by molar-refractivity contribution is 7.15. The molecule has 4 aromatic carbocycles. The van der Waals surface area contributed by atoms with Gasteiger partial charge in [0.1, 0.15) is 34.3 Å². The smallest absolute Gasteiger partial charge is 0.262 e. The number of nitriles is 1. The largest absolute Gasteiger partial charge is 0.484 e. The fourth-order valence-corrected chi connectivity index (χ4v) is 8.36. The van der Waals surface area contributed by atoms with Gasteiger partial charge in [0.25, 0.3) is 11.8 Å². The van der Waals surface area contributed by atoms with E-state index in [-0.39, 0.29) is 43.6 Å². The first kappa shape index (κ1) is 45.3. The van der Waals surface area contributed by atoms with Crippen LogP contribution >= 0.6 is 22.9 Å². The van der Waals surface area contributed by atoms with Crippen LogP contribution in [-0.2, 0) is 30.4 Å². The van der Waals surface area contributed by atoms with Gasteiger partial charge in [-0.1, -0.05) is 72.3 Å². The number of thiophene rings is 1. The molecule has 328 valence electrons. The van der Waals surface area contributed by atoms with Crippen LogP contribution in [-0.4, -0.2) is 84.3 Å². The molecule has 3 amide bonds. The van der Waals surface area contributed by atoms with Crippen LogP contribution < -0.4 is 20.7 Å². The molecule has 7 rings (SSSR count). The molecule has 0 saturated carbocycles. The first-order chi connectivity index (χ1) is 31.1. The Morgan fingerprint density at radius 1 is 0.844 bits per heavy atom. The number of rotatable bonds is 19. The minimum absolute atomic E-state index is 0.00680. The van der Waals surface area contributed by atoms with Gasteiger partial charge < -0.3 is 30.2 Å². The molecule has 2 aromatic heterocycles. The SMILES string of the molecule is Cc1sc2c(c1C)C(c1ccc(Cl)cc1)=N[C@@H](CC(=O)NCCOCCOCCNC(=O)COc1ccc(CNC(=O)/C(C#N)=C/c3ccc4ccccc4c3)cc1)c1nnc(C)n1-2. The number of halogens is 1. The Labute approximate surface area is 379 Å². The van der Waals surface area contributed by atoms with Crippen LogP contribution in [0.4, 0.5) is 0 Å². The van der Waals surface area contributed by atoms with Gasteiger partial charge in [0.05, 0.1) is 38.6 Å². The third kappa shape index (κ3) is 11.5. The summed E-state index contributed by atoms with van der Waals surface area (Å²) in [6.07, 6.45) is 1.65. The van der Waals surface area contributed by atoms with Gasteiger partial charge in [0.2, 0.25) is 5.91 Å². The number of carbonyl (C=O) groups excluding carboxylic acids is 3. The fraction of sp³-hybridized carbons (Fsp3) is 0.271. The first-order valence-electron chi connectivity index (χ1n) is 20.7. The molecule has 1 atom stereocenters. The lowest BCUT2D eigenvalue weighted by molar-refractivity contribution is -0.123. The maximum atomic E-state index is 13.2. The minimum atomic E-state index is -0.566. The summed E-state index contributed by atoms with van der Waals surface area (Å²) in [5.41, 5.74) is 5.39. The van der Waals surface area contributed by atoms with Gasteiger partial charge >= 0.3 is 0 Å². The maximum Gasteiger partial charge on any atom is 0.262 e. The quantitative estimate of drug-likeness (QED) is 0.0442. The Kier molecular flexibility index (Phi) is 15.3. The molecular formula is C48H47ClN8O6S. The molecule has 0 aliphatic carbocycles. The monoisotopic (exact) mass is 898 g/mol. The molecule has 14 nitrogen and oxygen atoms in total. The van der Waals surface area contributed by atoms with E-state index in [1.165, 1.54) is 4.88 Å². The predicted octanol–water partition coefficient (Wildman–Crippen LogP) is 6.91. The van der Waals surface area contributed by atoms with Crippen molar-refractivity contribution < 1.29 is 28.6 Å². The van der Waals surface area contributed by atoms with E-state index in [4.69, 9.17) is 30.8 Å². The molecular weight excluding hydrogens is 852 g/mol. The second-order valence-corrected chi connectivity index (χ2v) is 16.6. The lowest BCUT2D eigenvalue weighted by Gasteiger charge is -2.13. The van der Waals surface area contributed by atoms with Crippen molar-refractivity contribution in [2.75, 3.05) is 46.1 Å². The van der Waals surface area contributed by atoms with Gasteiger partial charge in [-0.15, -0.1) is 21.5 Å². The number of nitrogens with one attached hydrogen (secondary N) is 3. The zero-order valence-corrected chi connectivity index (χ0v) is 37.2. The average Bonchev–Trinajstić information content (AvgIpc) is 3.78. The van der Waals surface area contributed by atoms with Gasteiger partial charge in [0, 0.05) is 40.7 Å². The molecule has 0 spiro atoms. The number of nitrogens with zero attached hydrogens (tertiary/aromatic N) is 5. The van der Waals surface area contributed by atoms with E-state index in [1.807, 2.05) is 84.3 Å². The molecule has 3 heterocycles. The number of hydrogen-bond acceptors (Lipinski definition) is 11. The molecule has 0 unspecified atom stereocenters. The molecule has 1 aliphatic heterocycles. The highest BCUT2D eigenvalue weighted by Crippen LogP contribution is 2.39. The average molecular weight is 899 g/mol. The van der Waals surface area contributed by atoms with Crippen molar-refractivity contribution in [3.8, 4) is 16.8 Å². The minimum Gasteiger partial charge on any atom is -0.484 e. The van der Waals surface area contributed by atoms with Gasteiger partial charge in [-0.05, 0) is 84.6 Å². The van der Waals surface area contributed by atoms with Crippen molar-refractivity contribution in [3.05, 3.63) is 146 Å². The van der Waals surface area contributed by atoms with Crippen molar-refractivity contribution in [2.45, 2.75) is 39.8 Å². The number of fused-ring (bicyclic) bond motifs is 4. The summed E-state index contributed by atoms with van der Waals surface area (Å²) in [5.74, 6) is 0.862. The molecule has 0 fully saturated rings. The van der Waals surface area contributed by atoms with Crippen molar-refractivity contribution in [3.63, 3.8) is 0 Å². The molecule has 1 aliphatic rings. The van der Waals surface area contributed by atoms with Gasteiger partial charge in [-0.25, -0.2) is 0 Å². The second-order valence-electron chi connectivity index (χ2n) is 14.9. The number of hydrogen-bond donors (Lipinski definition) is 3. The summed E-state index contributed by atoms with van der Waals surface area (Å²) in [5, 5.41) is 30.6. The number of aryl methyl sites for hydroxylation is 2. The Balaban J connectivity index is 0.760. The standard InChI is InChI=1S/C48H47ClN8O6S/c1-30-31(2)64-48-44(30)45(36-12-14-39(49)15-13-36)54-41(46-56-55-32(3)57(46)48)26-42(58)51-18-20-61-22-23-62-21-19-52-43(59)29-63-40-16-9-33(10-17-40)28-53-47(60)38(27-50)25-34-8-11-35-6-4-5-7-37(35)24-34/h4-17,24-25,41H,18-23,26,28-29H2,1-3H3,(H,51,58)(H,52,59)(H,53,60)/b38-25+/t41-/m0/s1. The van der Waals surface area contributed by atoms with Crippen molar-refractivity contribution in [1.29, 1.82) is 5.26 Å². The van der Waals surface area contributed by atoms with Crippen molar-refractivity contribution in [1.82, 2.24) is 30.7 Å². The molecule has 3 N–H and O–H groups in total. The van der Waals surface area contributed by atoms with Crippen molar-refractivity contribution >= 4 is 63.2 Å². The van der Waals surface area contributed by atoms with Gasteiger partial charge in [0.15, 0.2) is 12.4 Å². The first-order valence-corrected chi connectivity index (χ1v) is 21.9. The molecule has 0 saturated heterocycles. The summed E-state index contributed by atoms with van der Waals surface area (Å²) in [6, 6.07) is 29.6. The summed E-state index contributed by atoms with van der Waals surface area (Å²) < 4.78 is 18.8. The number of benzene rings is 4. The summed E-state index contributed by atoms with van der Waals surface area (Å²) in [6.45, 7) is 7.91. The van der Waals surface area contributed by atoms with Gasteiger partial charge in [-0.3, -0.25) is 23.9 Å². The third-order valence-electron chi connectivity index (χ3n) is 10.4. The Morgan fingerprint density at radius 3 is 2.27 bits per heavy atom. The Morgan fingerprint density at radius 2 is 1.55 bits per heavy atom. The number of carbonyl (C=O) groups is 3. The Bertz CT molecular complexity index is 2740. The van der Waals surface area contributed by atoms with E-state index in [9.17, 15) is 19.6 Å². The number of aliphatic imine (C=N–C) groups is 1. The zero-order valence-electron chi connectivity index (χ0n) is 35.7. The van der Waals surface area contributed by atoms with Crippen LogP contribution in [0, 0.1) is 32.1 Å². The molecule has 64 heavy (non-hydrogen) atoms. The topological polar surface area (TPSA) is 182 Å². The maximum absolute atomic E-state index is 13.2. The van der Waals surface area contributed by atoms with Gasteiger partial charge in [-0.2, -0.15) is 5.26 Å². The highest BCUT2D eigenvalue weighted by Gasteiger charge is 2.32. The zero-order chi connectivity index (χ0) is 45.0. The predicted molar refractivity (Wildman–Crippen MR) is 247 cm³/mol. The van der Waals surface area contributed by atoms with E-state index in [1.54, 1.807) is 41.7 Å². The van der Waals surface area contributed by atoms with Crippen molar-refractivity contribution in [2.24, 2.45) is 4.99 Å². The third-order valence-corrected chi connectivity index (χ3v) is 11.9. The van der Waals surface area contributed by atoms with Crippen LogP contribution in [0.25, 0.3) is 21.8 Å². The second kappa shape index (κ2) is 21.6. The fourth-order valence-electron chi connectivity index (χ4n) is 7.02.